The van der Waals surface area contributed by atoms with E-state index in [0.29, 0.717) is 18.7 Å². The molecule has 0 atom stereocenters. The maximum atomic E-state index is 11.7. The number of carbonyl (C=O) groups is 1. The summed E-state index contributed by atoms with van der Waals surface area (Å²) in [5, 5.41) is 9.72. The fourth-order valence-corrected chi connectivity index (χ4v) is 1.48. The molecule has 1 fully saturated rings. The van der Waals surface area contributed by atoms with Crippen LogP contribution in [0.1, 0.15) is 16.8 Å². The van der Waals surface area contributed by atoms with Crippen molar-refractivity contribution in [3.05, 3.63) is 35.9 Å². The summed E-state index contributed by atoms with van der Waals surface area (Å²) in [5.41, 5.74) is 0.588. The van der Waals surface area contributed by atoms with E-state index in [1.165, 1.54) is 0 Å². The molecule has 0 aliphatic carbocycles. The molecular weight excluding hydrogens is 166 g/mol. The number of carbonyl (C=O) groups excluding carboxylic acids is 1. The van der Waals surface area contributed by atoms with Gasteiger partial charge in [-0.3, -0.25) is 0 Å². The molecule has 3 heteroatoms. The van der Waals surface area contributed by atoms with Gasteiger partial charge in [0.15, 0.2) is 0 Å². The molecule has 13 heavy (non-hydrogen) atoms. The smallest absolute Gasteiger partial charge is 0.222 e. The summed E-state index contributed by atoms with van der Waals surface area (Å²) in [6.07, 6.45) is 0.926. The van der Waals surface area contributed by atoms with Crippen LogP contribution in [0.4, 0.5) is 0 Å². The topological polar surface area (TPSA) is 37.3 Å². The number of nitrogens with zero attached hydrogens (tertiary/aromatic N) is 1. The molecule has 1 N–H and O–H groups in total. The summed E-state index contributed by atoms with van der Waals surface area (Å²) in [4.78, 5) is 11.7. The van der Waals surface area contributed by atoms with Crippen molar-refractivity contribution < 1.29 is 14.6 Å². The van der Waals surface area contributed by atoms with Gasteiger partial charge in [-0.15, -0.1) is 4.65 Å². The second-order valence-electron chi connectivity index (χ2n) is 3.39. The van der Waals surface area contributed by atoms with Crippen molar-refractivity contribution in [3.8, 4) is 0 Å². The zero-order valence-electron chi connectivity index (χ0n) is 7.31. The second-order valence-corrected chi connectivity index (χ2v) is 3.39. The fraction of sp³-hybridized carbons (Fsp3) is 0.300. The minimum atomic E-state index is -0.413. The molecular formula is C10H12NO2+. The maximum absolute atomic E-state index is 11.7. The molecule has 0 unspecified atom stereocenters. The minimum Gasteiger partial charge on any atom is -0.222 e. The quantitative estimate of drug-likeness (QED) is 0.522. The van der Waals surface area contributed by atoms with Gasteiger partial charge in [-0.2, -0.15) is 0 Å². The van der Waals surface area contributed by atoms with E-state index in [2.05, 4.69) is 0 Å². The Morgan fingerprint density at radius 3 is 2.31 bits per heavy atom. The van der Waals surface area contributed by atoms with Crippen molar-refractivity contribution in [1.82, 2.24) is 0 Å². The Morgan fingerprint density at radius 1 is 1.23 bits per heavy atom. The number of amides is 1. The highest BCUT2D eigenvalue weighted by molar-refractivity contribution is 5.88. The Balaban J connectivity index is 2.23. The van der Waals surface area contributed by atoms with Crippen molar-refractivity contribution in [2.75, 3.05) is 13.1 Å². The predicted molar refractivity (Wildman–Crippen MR) is 47.2 cm³/mol. The molecule has 68 valence electrons. The third kappa shape index (κ3) is 1.36. The van der Waals surface area contributed by atoms with Crippen LogP contribution in [0.25, 0.3) is 0 Å². The van der Waals surface area contributed by atoms with Crippen molar-refractivity contribution in [2.24, 2.45) is 0 Å². The molecule has 1 aromatic carbocycles. The van der Waals surface area contributed by atoms with Gasteiger partial charge < -0.3 is 0 Å². The lowest BCUT2D eigenvalue weighted by atomic mass is 10.1. The van der Waals surface area contributed by atoms with Crippen molar-refractivity contribution in [1.29, 1.82) is 0 Å². The number of quaternary nitrogens is 1. The van der Waals surface area contributed by atoms with Gasteiger partial charge in [0.2, 0.25) is 0 Å². The number of likely N-dealkylation sites (tertiary alicyclic amines) is 1. The molecule has 1 aromatic rings. The number of hydroxylamine groups is 3. The number of hydrogen-bond acceptors (Lipinski definition) is 2. The van der Waals surface area contributed by atoms with E-state index in [0.717, 1.165) is 6.42 Å². The van der Waals surface area contributed by atoms with Crippen LogP contribution < -0.4 is 0 Å². The molecule has 3 nitrogen and oxygen atoms in total. The second kappa shape index (κ2) is 2.94. The van der Waals surface area contributed by atoms with E-state index >= 15 is 0 Å². The van der Waals surface area contributed by atoms with Gasteiger partial charge in [-0.25, -0.2) is 10.0 Å². The highest BCUT2D eigenvalue weighted by Gasteiger charge is 2.43. The Hall–Kier alpha value is -1.19. The van der Waals surface area contributed by atoms with Crippen LogP contribution in [0.3, 0.4) is 0 Å². The Morgan fingerprint density at radius 2 is 1.85 bits per heavy atom. The third-order valence-electron chi connectivity index (χ3n) is 2.45. The summed E-state index contributed by atoms with van der Waals surface area (Å²) in [6, 6.07) is 8.93. The van der Waals surface area contributed by atoms with E-state index in [-0.39, 0.29) is 5.91 Å². The highest BCUT2D eigenvalue weighted by Crippen LogP contribution is 2.20. The van der Waals surface area contributed by atoms with Gasteiger partial charge in [-0.1, -0.05) is 18.2 Å². The molecule has 0 radical (unpaired) electrons. The molecule has 1 saturated heterocycles. The van der Waals surface area contributed by atoms with Crippen molar-refractivity contribution in [2.45, 2.75) is 6.42 Å². The minimum absolute atomic E-state index is 0.188. The van der Waals surface area contributed by atoms with Crippen LogP contribution in [0.5, 0.6) is 0 Å². The summed E-state index contributed by atoms with van der Waals surface area (Å²) in [5.74, 6) is -0.188. The molecule has 1 heterocycles. The van der Waals surface area contributed by atoms with Gasteiger partial charge >= 0.3 is 5.91 Å². The molecule has 1 aliphatic rings. The first kappa shape index (κ1) is 8.41. The van der Waals surface area contributed by atoms with Crippen LogP contribution in [0.15, 0.2) is 30.3 Å². The number of rotatable bonds is 1. The lowest BCUT2D eigenvalue weighted by molar-refractivity contribution is -1.07. The maximum Gasteiger partial charge on any atom is 0.377 e. The van der Waals surface area contributed by atoms with Gasteiger partial charge in [0.25, 0.3) is 0 Å². The summed E-state index contributed by atoms with van der Waals surface area (Å²) in [6.45, 7) is 1.10. The van der Waals surface area contributed by atoms with Crippen LogP contribution in [-0.2, 0) is 0 Å². The highest BCUT2D eigenvalue weighted by atomic mass is 16.6. The normalized spacial score (nSPS) is 19.2. The lowest BCUT2D eigenvalue weighted by Gasteiger charge is -2.34. The van der Waals surface area contributed by atoms with Crippen LogP contribution >= 0.6 is 0 Å². The van der Waals surface area contributed by atoms with E-state index in [1.807, 2.05) is 6.07 Å². The first-order chi connectivity index (χ1) is 6.22. The van der Waals surface area contributed by atoms with Crippen molar-refractivity contribution >= 4 is 5.91 Å². The lowest BCUT2D eigenvalue weighted by Crippen LogP contribution is -2.59. The van der Waals surface area contributed by atoms with Crippen LogP contribution in [0.2, 0.25) is 0 Å². The van der Waals surface area contributed by atoms with Gasteiger partial charge in [-0.05, 0) is 12.1 Å². The SMILES string of the molecule is O=C(c1ccccc1)[N+]1(O)CCC1. The van der Waals surface area contributed by atoms with E-state index in [9.17, 15) is 10.0 Å². The van der Waals surface area contributed by atoms with E-state index in [4.69, 9.17) is 0 Å². The van der Waals surface area contributed by atoms with Gasteiger partial charge in [0.05, 0.1) is 12.0 Å². The van der Waals surface area contributed by atoms with Crippen LogP contribution in [0, 0.1) is 0 Å². The predicted octanol–water partition coefficient (Wildman–Crippen LogP) is 1.44. The molecule has 2 rings (SSSR count). The molecule has 0 bridgehead atoms. The van der Waals surface area contributed by atoms with Gasteiger partial charge in [0, 0.05) is 0 Å². The average Bonchev–Trinajstić information content (AvgIpc) is 2.14. The zero-order chi connectivity index (χ0) is 9.31. The molecule has 0 saturated carbocycles. The first-order valence-corrected chi connectivity index (χ1v) is 4.42. The zero-order valence-corrected chi connectivity index (χ0v) is 7.31. The Kier molecular flexibility index (Phi) is 1.90. The summed E-state index contributed by atoms with van der Waals surface area (Å²) >= 11 is 0. The van der Waals surface area contributed by atoms with E-state index < -0.39 is 4.65 Å². The molecule has 0 aromatic heterocycles. The summed E-state index contributed by atoms with van der Waals surface area (Å²) in [7, 11) is 0. The average molecular weight is 178 g/mol. The monoisotopic (exact) mass is 178 g/mol. The Bertz CT molecular complexity index is 317. The number of hydrogen-bond donors (Lipinski definition) is 1. The molecule has 1 aliphatic heterocycles. The Labute approximate surface area is 76.8 Å². The summed E-state index contributed by atoms with van der Waals surface area (Å²) < 4.78 is -0.413. The third-order valence-corrected chi connectivity index (χ3v) is 2.45. The van der Waals surface area contributed by atoms with Gasteiger partial charge in [0.1, 0.15) is 13.1 Å². The standard InChI is InChI=1S/C10H12NO2/c12-10(11(13)7-4-8-11)9-5-2-1-3-6-9/h1-3,5-6,13H,4,7-8H2/q+1. The largest absolute Gasteiger partial charge is 0.377 e. The molecule has 1 amide bonds. The first-order valence-electron chi connectivity index (χ1n) is 4.42. The van der Waals surface area contributed by atoms with E-state index in [1.54, 1.807) is 24.3 Å². The molecule has 0 spiro atoms. The fourth-order valence-electron chi connectivity index (χ4n) is 1.48. The van der Waals surface area contributed by atoms with Crippen LogP contribution in [-0.4, -0.2) is 28.9 Å². The van der Waals surface area contributed by atoms with Crippen molar-refractivity contribution in [3.63, 3.8) is 0 Å². The number of benzene rings is 1.